The van der Waals surface area contributed by atoms with Crippen molar-refractivity contribution in [2.24, 2.45) is 0 Å². The average molecular weight is 404 g/mol. The summed E-state index contributed by atoms with van der Waals surface area (Å²) in [5.41, 5.74) is 2.39. The number of likely N-dealkylation sites (tertiary alicyclic amines) is 1. The maximum atomic E-state index is 12.7. The molecule has 2 fully saturated rings. The number of aromatic nitrogens is 1. The summed E-state index contributed by atoms with van der Waals surface area (Å²) in [6, 6.07) is 2.00. The van der Waals surface area contributed by atoms with Gasteiger partial charge in [-0.3, -0.25) is 9.69 Å². The van der Waals surface area contributed by atoms with E-state index in [2.05, 4.69) is 15.4 Å². The number of ether oxygens (including phenoxy) is 1. The predicted octanol–water partition coefficient (Wildman–Crippen LogP) is 3.87. The van der Waals surface area contributed by atoms with Crippen molar-refractivity contribution in [3.63, 3.8) is 0 Å². The Kier molecular flexibility index (Phi) is 5.50. The number of hydrogen-bond donors (Lipinski definition) is 1. The molecule has 150 valence electrons. The summed E-state index contributed by atoms with van der Waals surface area (Å²) in [6.07, 6.45) is 4.13. The molecule has 3 heterocycles. The molecule has 1 unspecified atom stereocenters. The average Bonchev–Trinajstić information content (AvgIpc) is 3.04. The number of hydrogen-bond acceptors (Lipinski definition) is 7. The van der Waals surface area contributed by atoms with Crippen molar-refractivity contribution < 1.29 is 18.8 Å². The zero-order chi connectivity index (χ0) is 19.7. The minimum Gasteiger partial charge on any atom is -0.462 e. The van der Waals surface area contributed by atoms with E-state index < -0.39 is 0 Å². The van der Waals surface area contributed by atoms with E-state index in [1.165, 1.54) is 11.3 Å². The van der Waals surface area contributed by atoms with E-state index >= 15 is 0 Å². The standard InChI is InChI=1S/C20H25N3O4S/c1-3-26-20(25)18-14(13-6-7-13)11-28-19(18)21-17(24)10-23-8-4-5-15(23)16-9-12(2)22-27-16/h9,11,13,15H,3-8,10H2,1-2H3,(H,21,24). The highest BCUT2D eigenvalue weighted by atomic mass is 32.1. The number of rotatable bonds is 7. The van der Waals surface area contributed by atoms with Crippen LogP contribution in [0.1, 0.15) is 71.9 Å². The lowest BCUT2D eigenvalue weighted by molar-refractivity contribution is -0.117. The Morgan fingerprint density at radius 2 is 2.21 bits per heavy atom. The molecule has 8 heteroatoms. The monoisotopic (exact) mass is 403 g/mol. The van der Waals surface area contributed by atoms with Gasteiger partial charge in [0.2, 0.25) is 5.91 Å². The van der Waals surface area contributed by atoms with Crippen LogP contribution in [0, 0.1) is 6.92 Å². The fraction of sp³-hybridized carbons (Fsp3) is 0.550. The Labute approximate surface area is 168 Å². The highest BCUT2D eigenvalue weighted by molar-refractivity contribution is 7.15. The summed E-state index contributed by atoms with van der Waals surface area (Å²) in [7, 11) is 0. The first-order valence-corrected chi connectivity index (χ1v) is 10.7. The number of thiophene rings is 1. The van der Waals surface area contributed by atoms with Gasteiger partial charge in [0.25, 0.3) is 0 Å². The minimum atomic E-state index is -0.350. The Balaban J connectivity index is 1.46. The summed E-state index contributed by atoms with van der Waals surface area (Å²) in [6.45, 7) is 5.09. The third kappa shape index (κ3) is 3.98. The maximum absolute atomic E-state index is 12.7. The van der Waals surface area contributed by atoms with Gasteiger partial charge in [-0.05, 0) is 62.9 Å². The maximum Gasteiger partial charge on any atom is 0.341 e. The molecule has 7 nitrogen and oxygen atoms in total. The molecule has 2 aliphatic rings. The van der Waals surface area contributed by atoms with Crippen LogP contribution in [0.4, 0.5) is 5.00 Å². The van der Waals surface area contributed by atoms with Crippen LogP contribution in [0.3, 0.4) is 0 Å². The molecule has 1 atom stereocenters. The second-order valence-electron chi connectivity index (χ2n) is 7.44. The first kappa shape index (κ1) is 19.1. The van der Waals surface area contributed by atoms with Gasteiger partial charge >= 0.3 is 5.97 Å². The molecular weight excluding hydrogens is 378 g/mol. The normalized spacial score (nSPS) is 19.7. The molecular formula is C20H25N3O4S. The van der Waals surface area contributed by atoms with E-state index in [1.807, 2.05) is 18.4 Å². The molecule has 1 aliphatic carbocycles. The molecule has 0 bridgehead atoms. The lowest BCUT2D eigenvalue weighted by atomic mass is 10.1. The minimum absolute atomic E-state index is 0.0711. The highest BCUT2D eigenvalue weighted by Gasteiger charge is 2.34. The predicted molar refractivity (Wildman–Crippen MR) is 106 cm³/mol. The SMILES string of the molecule is CCOC(=O)c1c(C2CC2)csc1NC(=O)CN1CCCC1c1cc(C)no1. The quantitative estimate of drug-likeness (QED) is 0.707. The van der Waals surface area contributed by atoms with Crippen LogP contribution in [0.2, 0.25) is 0 Å². The summed E-state index contributed by atoms with van der Waals surface area (Å²) >= 11 is 1.41. The van der Waals surface area contributed by atoms with Crippen LogP contribution in [-0.4, -0.2) is 41.6 Å². The number of carbonyl (C=O) groups is 2. The fourth-order valence-electron chi connectivity index (χ4n) is 3.80. The zero-order valence-electron chi connectivity index (χ0n) is 16.2. The van der Waals surface area contributed by atoms with Crippen molar-refractivity contribution in [3.05, 3.63) is 34.0 Å². The van der Waals surface area contributed by atoms with Gasteiger partial charge in [-0.25, -0.2) is 4.79 Å². The second kappa shape index (κ2) is 8.05. The number of anilines is 1. The lowest BCUT2D eigenvalue weighted by Gasteiger charge is -2.21. The van der Waals surface area contributed by atoms with E-state index in [0.29, 0.717) is 23.1 Å². The molecule has 1 aliphatic heterocycles. The molecule has 0 spiro atoms. The van der Waals surface area contributed by atoms with E-state index in [-0.39, 0.29) is 24.5 Å². The number of nitrogens with zero attached hydrogens (tertiary/aromatic N) is 2. The van der Waals surface area contributed by atoms with Gasteiger partial charge < -0.3 is 14.6 Å². The van der Waals surface area contributed by atoms with Crippen molar-refractivity contribution in [1.29, 1.82) is 0 Å². The molecule has 4 rings (SSSR count). The molecule has 1 saturated carbocycles. The Morgan fingerprint density at radius 1 is 1.39 bits per heavy atom. The summed E-state index contributed by atoms with van der Waals surface area (Å²) in [5, 5.41) is 9.49. The van der Waals surface area contributed by atoms with Gasteiger partial charge in [0, 0.05) is 6.07 Å². The van der Waals surface area contributed by atoms with Gasteiger partial charge in [-0.2, -0.15) is 0 Å². The number of carbonyl (C=O) groups excluding carboxylic acids is 2. The molecule has 1 amide bonds. The summed E-state index contributed by atoms with van der Waals surface area (Å²) < 4.78 is 10.6. The first-order chi connectivity index (χ1) is 13.6. The van der Waals surface area contributed by atoms with Crippen LogP contribution >= 0.6 is 11.3 Å². The van der Waals surface area contributed by atoms with E-state index in [9.17, 15) is 9.59 Å². The first-order valence-electron chi connectivity index (χ1n) is 9.82. The topological polar surface area (TPSA) is 84.7 Å². The smallest absolute Gasteiger partial charge is 0.341 e. The number of aryl methyl sites for hydroxylation is 1. The van der Waals surface area contributed by atoms with Crippen LogP contribution in [0.15, 0.2) is 16.0 Å². The molecule has 1 saturated heterocycles. The van der Waals surface area contributed by atoms with Crippen LogP contribution in [0.25, 0.3) is 0 Å². The third-order valence-electron chi connectivity index (χ3n) is 5.25. The van der Waals surface area contributed by atoms with Gasteiger partial charge in [-0.15, -0.1) is 11.3 Å². The number of esters is 1. The van der Waals surface area contributed by atoms with Crippen molar-refractivity contribution in [2.45, 2.75) is 51.5 Å². The number of nitrogens with one attached hydrogen (secondary N) is 1. The Hall–Kier alpha value is -2.19. The molecule has 2 aromatic rings. The largest absolute Gasteiger partial charge is 0.462 e. The highest BCUT2D eigenvalue weighted by Crippen LogP contribution is 2.46. The van der Waals surface area contributed by atoms with Gasteiger partial charge in [0.05, 0.1) is 30.5 Å². The van der Waals surface area contributed by atoms with Crippen LogP contribution in [0.5, 0.6) is 0 Å². The van der Waals surface area contributed by atoms with Gasteiger partial charge in [0.15, 0.2) is 5.76 Å². The second-order valence-corrected chi connectivity index (χ2v) is 8.32. The van der Waals surface area contributed by atoms with Gasteiger partial charge in [0.1, 0.15) is 5.00 Å². The zero-order valence-corrected chi connectivity index (χ0v) is 17.0. The van der Waals surface area contributed by atoms with E-state index in [4.69, 9.17) is 9.26 Å². The molecule has 0 aromatic carbocycles. The Morgan fingerprint density at radius 3 is 2.89 bits per heavy atom. The molecule has 2 aromatic heterocycles. The number of amides is 1. The third-order valence-corrected chi connectivity index (χ3v) is 6.17. The summed E-state index contributed by atoms with van der Waals surface area (Å²) in [4.78, 5) is 27.3. The van der Waals surface area contributed by atoms with Crippen molar-refractivity contribution in [2.75, 3.05) is 25.0 Å². The van der Waals surface area contributed by atoms with Crippen molar-refractivity contribution in [3.8, 4) is 0 Å². The molecule has 0 radical (unpaired) electrons. The Bertz CT molecular complexity index is 871. The van der Waals surface area contributed by atoms with E-state index in [0.717, 1.165) is 49.2 Å². The van der Waals surface area contributed by atoms with Crippen LogP contribution in [-0.2, 0) is 9.53 Å². The van der Waals surface area contributed by atoms with E-state index in [1.54, 1.807) is 6.92 Å². The molecule has 1 N–H and O–H groups in total. The van der Waals surface area contributed by atoms with Gasteiger partial charge in [-0.1, -0.05) is 5.16 Å². The van der Waals surface area contributed by atoms with Crippen LogP contribution < -0.4 is 5.32 Å². The molecule has 28 heavy (non-hydrogen) atoms. The van der Waals surface area contributed by atoms with Crippen molar-refractivity contribution >= 4 is 28.2 Å². The fourth-order valence-corrected chi connectivity index (χ4v) is 4.85. The lowest BCUT2D eigenvalue weighted by Crippen LogP contribution is -2.33. The van der Waals surface area contributed by atoms with Crippen molar-refractivity contribution in [1.82, 2.24) is 10.1 Å². The summed E-state index contributed by atoms with van der Waals surface area (Å²) in [5.74, 6) is 0.746.